The van der Waals surface area contributed by atoms with Crippen LogP contribution in [0.15, 0.2) is 30.3 Å². The van der Waals surface area contributed by atoms with Gasteiger partial charge in [0.1, 0.15) is 5.69 Å². The van der Waals surface area contributed by atoms with Crippen molar-refractivity contribution in [2.75, 3.05) is 6.61 Å². The van der Waals surface area contributed by atoms with Gasteiger partial charge in [-0.05, 0) is 25.5 Å². The molecule has 1 heterocycles. The molecule has 0 saturated carbocycles. The van der Waals surface area contributed by atoms with Gasteiger partial charge in [0.05, 0.1) is 6.61 Å². The van der Waals surface area contributed by atoms with E-state index in [0.717, 1.165) is 23.9 Å². The van der Waals surface area contributed by atoms with Crippen LogP contribution in [-0.4, -0.2) is 17.1 Å². The van der Waals surface area contributed by atoms with Crippen molar-refractivity contribution in [3.8, 4) is 0 Å². The van der Waals surface area contributed by atoms with Gasteiger partial charge in [-0.3, -0.25) is 0 Å². The molecule has 144 valence electrons. The molecule has 0 saturated heterocycles. The van der Waals surface area contributed by atoms with Crippen molar-refractivity contribution in [3.63, 3.8) is 0 Å². The van der Waals surface area contributed by atoms with E-state index in [-0.39, 0.29) is 5.97 Å². The molecule has 0 aliphatic heterocycles. The maximum atomic E-state index is 12.3. The molecule has 0 atom stereocenters. The highest BCUT2D eigenvalue weighted by molar-refractivity contribution is 5.95. The van der Waals surface area contributed by atoms with Gasteiger partial charge in [-0.25, -0.2) is 4.79 Å². The maximum absolute atomic E-state index is 12.3. The number of carbonyl (C=O) groups excluding carboxylic acids is 1. The number of esters is 1. The third kappa shape index (κ3) is 6.19. The summed E-state index contributed by atoms with van der Waals surface area (Å²) in [5.74, 6) is -0.212. The number of ether oxygens (including phenoxy) is 1. The molecule has 0 amide bonds. The van der Waals surface area contributed by atoms with Crippen LogP contribution >= 0.6 is 0 Å². The van der Waals surface area contributed by atoms with Gasteiger partial charge < -0.3 is 9.30 Å². The van der Waals surface area contributed by atoms with Gasteiger partial charge in [0, 0.05) is 17.4 Å². The molecule has 0 bridgehead atoms. The van der Waals surface area contributed by atoms with Gasteiger partial charge >= 0.3 is 5.97 Å². The Hall–Kier alpha value is -1.77. The number of hydrogen-bond donors (Lipinski definition) is 0. The Balaban J connectivity index is 1.79. The normalized spacial score (nSPS) is 11.2. The molecule has 26 heavy (non-hydrogen) atoms. The van der Waals surface area contributed by atoms with E-state index in [9.17, 15) is 4.79 Å². The molecule has 0 fully saturated rings. The van der Waals surface area contributed by atoms with Crippen LogP contribution in [0.25, 0.3) is 10.9 Å². The lowest BCUT2D eigenvalue weighted by atomic mass is 10.1. The number of nitrogens with zero attached hydrogens (tertiary/aromatic N) is 1. The summed E-state index contributed by atoms with van der Waals surface area (Å²) in [5, 5.41) is 1.11. The second kappa shape index (κ2) is 11.8. The minimum absolute atomic E-state index is 0.212. The topological polar surface area (TPSA) is 31.2 Å². The van der Waals surface area contributed by atoms with Crippen LogP contribution in [0.5, 0.6) is 0 Å². The zero-order chi connectivity index (χ0) is 18.6. The van der Waals surface area contributed by atoms with Crippen LogP contribution in [0.3, 0.4) is 0 Å². The first-order chi connectivity index (χ1) is 12.8. The van der Waals surface area contributed by atoms with Crippen molar-refractivity contribution in [2.45, 2.75) is 84.6 Å². The van der Waals surface area contributed by atoms with Gasteiger partial charge in [-0.1, -0.05) is 82.9 Å². The van der Waals surface area contributed by atoms with Gasteiger partial charge in [0.25, 0.3) is 0 Å². The van der Waals surface area contributed by atoms with E-state index in [0.29, 0.717) is 12.3 Å². The monoisotopic (exact) mass is 357 g/mol. The predicted octanol–water partition coefficient (Wildman–Crippen LogP) is 6.74. The summed E-state index contributed by atoms with van der Waals surface area (Å²) in [6.45, 7) is 5.42. The molecule has 0 aliphatic rings. The summed E-state index contributed by atoms with van der Waals surface area (Å²) in [5.41, 5.74) is 1.82. The van der Waals surface area contributed by atoms with E-state index in [2.05, 4.69) is 23.6 Å². The SMILES string of the molecule is CCCCCCCCCCCCn1c(C(=O)OCC)cc2ccccc21. The van der Waals surface area contributed by atoms with Crippen molar-refractivity contribution in [3.05, 3.63) is 36.0 Å². The number of benzene rings is 1. The van der Waals surface area contributed by atoms with Crippen molar-refractivity contribution in [1.29, 1.82) is 0 Å². The summed E-state index contributed by atoms with van der Waals surface area (Å²) in [6, 6.07) is 10.2. The first-order valence-electron chi connectivity index (χ1n) is 10.5. The quantitative estimate of drug-likeness (QED) is 0.294. The Morgan fingerprint density at radius 1 is 0.885 bits per heavy atom. The predicted molar refractivity (Wildman–Crippen MR) is 110 cm³/mol. The third-order valence-electron chi connectivity index (χ3n) is 5.03. The second-order valence-corrected chi connectivity index (χ2v) is 7.14. The Labute approximate surface area is 158 Å². The molecule has 1 aromatic heterocycles. The second-order valence-electron chi connectivity index (χ2n) is 7.14. The summed E-state index contributed by atoms with van der Waals surface area (Å²) in [7, 11) is 0. The molecular weight excluding hydrogens is 322 g/mol. The number of fused-ring (bicyclic) bond motifs is 1. The Morgan fingerprint density at radius 3 is 2.15 bits per heavy atom. The van der Waals surface area contributed by atoms with Crippen molar-refractivity contribution >= 4 is 16.9 Å². The Morgan fingerprint density at radius 2 is 1.50 bits per heavy atom. The lowest BCUT2D eigenvalue weighted by Crippen LogP contribution is -2.12. The summed E-state index contributed by atoms with van der Waals surface area (Å²) < 4.78 is 7.38. The highest BCUT2D eigenvalue weighted by Gasteiger charge is 2.15. The number of unbranched alkanes of at least 4 members (excludes halogenated alkanes) is 9. The number of aryl methyl sites for hydroxylation is 1. The molecule has 0 unspecified atom stereocenters. The van der Waals surface area contributed by atoms with Crippen LogP contribution in [0.1, 0.15) is 88.5 Å². The van der Waals surface area contributed by atoms with E-state index < -0.39 is 0 Å². The number of aromatic nitrogens is 1. The fraction of sp³-hybridized carbons (Fsp3) is 0.609. The largest absolute Gasteiger partial charge is 0.461 e. The first-order valence-corrected chi connectivity index (χ1v) is 10.5. The lowest BCUT2D eigenvalue weighted by molar-refractivity contribution is 0.0514. The molecule has 2 rings (SSSR count). The highest BCUT2D eigenvalue weighted by Crippen LogP contribution is 2.22. The number of hydrogen-bond acceptors (Lipinski definition) is 2. The maximum Gasteiger partial charge on any atom is 0.354 e. The molecular formula is C23H35NO2. The average Bonchev–Trinajstić information content (AvgIpc) is 3.02. The molecule has 0 radical (unpaired) electrons. The fourth-order valence-corrected chi connectivity index (χ4v) is 3.58. The summed E-state index contributed by atoms with van der Waals surface area (Å²) in [4.78, 5) is 12.3. The van der Waals surface area contributed by atoms with Crippen LogP contribution in [-0.2, 0) is 11.3 Å². The zero-order valence-electron chi connectivity index (χ0n) is 16.6. The van der Waals surface area contributed by atoms with Crippen LogP contribution in [0, 0.1) is 0 Å². The van der Waals surface area contributed by atoms with Crippen LogP contribution in [0.2, 0.25) is 0 Å². The van der Waals surface area contributed by atoms with Gasteiger partial charge in [0.2, 0.25) is 0 Å². The van der Waals surface area contributed by atoms with E-state index in [1.807, 2.05) is 25.1 Å². The Kier molecular flexibility index (Phi) is 9.30. The third-order valence-corrected chi connectivity index (χ3v) is 5.03. The molecule has 1 aromatic carbocycles. The van der Waals surface area contributed by atoms with Gasteiger partial charge in [0.15, 0.2) is 0 Å². The van der Waals surface area contributed by atoms with Crippen LogP contribution < -0.4 is 0 Å². The molecule has 2 aromatic rings. The van der Waals surface area contributed by atoms with Gasteiger partial charge in [-0.2, -0.15) is 0 Å². The number of carbonyl (C=O) groups is 1. The van der Waals surface area contributed by atoms with Crippen molar-refractivity contribution in [2.24, 2.45) is 0 Å². The molecule has 0 N–H and O–H groups in total. The average molecular weight is 358 g/mol. The minimum Gasteiger partial charge on any atom is -0.461 e. The zero-order valence-corrected chi connectivity index (χ0v) is 16.6. The lowest BCUT2D eigenvalue weighted by Gasteiger charge is -2.10. The van der Waals surface area contributed by atoms with Crippen molar-refractivity contribution < 1.29 is 9.53 Å². The van der Waals surface area contributed by atoms with Gasteiger partial charge in [-0.15, -0.1) is 0 Å². The minimum atomic E-state index is -0.212. The van der Waals surface area contributed by atoms with E-state index in [4.69, 9.17) is 4.74 Å². The van der Waals surface area contributed by atoms with Crippen LogP contribution in [0.4, 0.5) is 0 Å². The van der Waals surface area contributed by atoms with E-state index >= 15 is 0 Å². The summed E-state index contributed by atoms with van der Waals surface area (Å²) >= 11 is 0. The standard InChI is InChI=1S/C23H35NO2/c1-3-5-6-7-8-9-10-11-12-15-18-24-21-17-14-13-16-20(21)19-22(24)23(25)26-4-2/h13-14,16-17,19H,3-12,15,18H2,1-2H3. The first kappa shape index (κ1) is 20.5. The van der Waals surface area contributed by atoms with Crippen molar-refractivity contribution in [1.82, 2.24) is 4.57 Å². The molecule has 3 nitrogen and oxygen atoms in total. The fourth-order valence-electron chi connectivity index (χ4n) is 3.58. The van der Waals surface area contributed by atoms with E-state index in [1.54, 1.807) is 0 Å². The van der Waals surface area contributed by atoms with E-state index in [1.165, 1.54) is 57.8 Å². The highest BCUT2D eigenvalue weighted by atomic mass is 16.5. The smallest absolute Gasteiger partial charge is 0.354 e. The molecule has 0 spiro atoms. The molecule has 0 aliphatic carbocycles. The number of rotatable bonds is 13. The number of para-hydroxylation sites is 1. The summed E-state index contributed by atoms with van der Waals surface area (Å²) in [6.07, 6.45) is 13.2. The Bertz CT molecular complexity index is 659. The molecule has 3 heteroatoms.